The number of nitriles is 1. The van der Waals surface area contributed by atoms with Crippen LogP contribution in [-0.2, 0) is 9.47 Å². The van der Waals surface area contributed by atoms with Crippen LogP contribution < -0.4 is 5.32 Å². The molecule has 4 heteroatoms. The van der Waals surface area contributed by atoms with Gasteiger partial charge in [0.1, 0.15) is 5.54 Å². The first-order valence-electron chi connectivity index (χ1n) is 7.42. The van der Waals surface area contributed by atoms with E-state index in [0.717, 1.165) is 32.4 Å². The van der Waals surface area contributed by atoms with Crippen molar-refractivity contribution >= 4 is 0 Å². The molecule has 0 saturated heterocycles. The Morgan fingerprint density at radius 2 is 1.84 bits per heavy atom. The van der Waals surface area contributed by atoms with Crippen molar-refractivity contribution < 1.29 is 9.47 Å². The molecule has 1 N–H and O–H groups in total. The molecule has 0 aliphatic heterocycles. The van der Waals surface area contributed by atoms with Gasteiger partial charge in [-0.3, -0.25) is 5.32 Å². The first kappa shape index (κ1) is 18.4. The highest BCUT2D eigenvalue weighted by Crippen LogP contribution is 2.16. The van der Waals surface area contributed by atoms with Crippen molar-refractivity contribution in [3.8, 4) is 6.07 Å². The van der Waals surface area contributed by atoms with E-state index in [4.69, 9.17) is 9.47 Å². The lowest BCUT2D eigenvalue weighted by Gasteiger charge is -2.25. The second kappa shape index (κ2) is 11.2. The molecule has 19 heavy (non-hydrogen) atoms. The summed E-state index contributed by atoms with van der Waals surface area (Å²) in [6.45, 7) is 11.9. The summed E-state index contributed by atoms with van der Waals surface area (Å²) in [6.07, 6.45) is 2.56. The molecular weight excluding hydrogens is 240 g/mol. The summed E-state index contributed by atoms with van der Waals surface area (Å²) >= 11 is 0. The zero-order valence-corrected chi connectivity index (χ0v) is 13.0. The molecular formula is C15H30N2O2. The first-order valence-corrected chi connectivity index (χ1v) is 7.42. The number of hydrogen-bond acceptors (Lipinski definition) is 4. The molecule has 4 nitrogen and oxygen atoms in total. The van der Waals surface area contributed by atoms with Gasteiger partial charge < -0.3 is 9.47 Å². The molecule has 0 aliphatic rings. The highest BCUT2D eigenvalue weighted by Gasteiger charge is 2.25. The molecule has 0 aromatic heterocycles. The van der Waals surface area contributed by atoms with Gasteiger partial charge in [0, 0.05) is 13.2 Å². The van der Waals surface area contributed by atoms with Gasteiger partial charge in [-0.15, -0.1) is 0 Å². The Hall–Kier alpha value is -0.630. The molecule has 0 amide bonds. The van der Waals surface area contributed by atoms with Crippen LogP contribution in [0.4, 0.5) is 0 Å². The third-order valence-electron chi connectivity index (χ3n) is 3.05. The van der Waals surface area contributed by atoms with E-state index in [1.165, 1.54) is 0 Å². The zero-order chi connectivity index (χ0) is 14.6. The zero-order valence-electron chi connectivity index (χ0n) is 13.0. The fraction of sp³-hybridized carbons (Fsp3) is 0.933. The molecule has 0 radical (unpaired) electrons. The summed E-state index contributed by atoms with van der Waals surface area (Å²) in [4.78, 5) is 0. The highest BCUT2D eigenvalue weighted by molar-refractivity contribution is 5.05. The van der Waals surface area contributed by atoms with Crippen molar-refractivity contribution in [2.75, 3.05) is 33.0 Å². The fourth-order valence-corrected chi connectivity index (χ4v) is 1.92. The summed E-state index contributed by atoms with van der Waals surface area (Å²) in [5.74, 6) is 0.570. The van der Waals surface area contributed by atoms with Crippen LogP contribution in [0.5, 0.6) is 0 Å². The van der Waals surface area contributed by atoms with Crippen molar-refractivity contribution in [2.24, 2.45) is 5.92 Å². The lowest BCUT2D eigenvalue weighted by molar-refractivity contribution is 0.0355. The van der Waals surface area contributed by atoms with Gasteiger partial charge in [-0.1, -0.05) is 27.7 Å². The monoisotopic (exact) mass is 270 g/mol. The Morgan fingerprint density at radius 3 is 2.37 bits per heavy atom. The average molecular weight is 270 g/mol. The topological polar surface area (TPSA) is 54.3 Å². The maximum absolute atomic E-state index is 9.26. The minimum absolute atomic E-state index is 0.383. The predicted octanol–water partition coefficient (Wildman–Crippen LogP) is 2.74. The minimum atomic E-state index is -0.383. The third kappa shape index (κ3) is 8.99. The number of ether oxygens (including phenoxy) is 2. The largest absolute Gasteiger partial charge is 0.379 e. The van der Waals surface area contributed by atoms with E-state index in [1.807, 2.05) is 13.8 Å². The molecule has 0 aliphatic carbocycles. The van der Waals surface area contributed by atoms with Crippen molar-refractivity contribution in [1.82, 2.24) is 5.32 Å². The maximum atomic E-state index is 9.26. The number of nitrogens with zero attached hydrogens (tertiary/aromatic N) is 1. The van der Waals surface area contributed by atoms with Crippen LogP contribution in [0.15, 0.2) is 0 Å². The molecule has 0 aromatic carbocycles. The summed E-state index contributed by atoms with van der Waals surface area (Å²) in [5.41, 5.74) is -0.383. The fourth-order valence-electron chi connectivity index (χ4n) is 1.92. The van der Waals surface area contributed by atoms with Crippen molar-refractivity contribution in [3.63, 3.8) is 0 Å². The molecule has 0 spiro atoms. The van der Waals surface area contributed by atoms with E-state index in [2.05, 4.69) is 25.2 Å². The summed E-state index contributed by atoms with van der Waals surface area (Å²) in [5, 5.41) is 12.5. The van der Waals surface area contributed by atoms with E-state index < -0.39 is 0 Å². The summed E-state index contributed by atoms with van der Waals surface area (Å²) < 4.78 is 10.9. The van der Waals surface area contributed by atoms with Gasteiger partial charge in [0.15, 0.2) is 0 Å². The van der Waals surface area contributed by atoms with Crippen molar-refractivity contribution in [2.45, 2.75) is 52.5 Å². The standard InChI is InChI=1S/C15H30N2O2/c1-5-15(13-16,17-6-2)8-7-9-18-10-11-19-12-14(3)4/h14,17H,5-12H2,1-4H3. The van der Waals surface area contributed by atoms with Gasteiger partial charge in [-0.25, -0.2) is 0 Å². The van der Waals surface area contributed by atoms with Crippen LogP contribution in [0.1, 0.15) is 47.0 Å². The Labute approximate surface area is 118 Å². The number of hydrogen-bond donors (Lipinski definition) is 1. The Kier molecular flexibility index (Phi) is 10.8. The molecule has 0 saturated carbocycles. The molecule has 0 fully saturated rings. The molecule has 0 aromatic rings. The molecule has 112 valence electrons. The van der Waals surface area contributed by atoms with Crippen LogP contribution in [0.3, 0.4) is 0 Å². The third-order valence-corrected chi connectivity index (χ3v) is 3.05. The van der Waals surface area contributed by atoms with E-state index in [9.17, 15) is 5.26 Å². The number of nitrogens with one attached hydrogen (secondary N) is 1. The van der Waals surface area contributed by atoms with Crippen molar-refractivity contribution in [3.05, 3.63) is 0 Å². The second-order valence-electron chi connectivity index (χ2n) is 5.26. The quantitative estimate of drug-likeness (QED) is 0.554. The van der Waals surface area contributed by atoms with Gasteiger partial charge in [0.2, 0.25) is 0 Å². The van der Waals surface area contributed by atoms with Crippen LogP contribution in [-0.4, -0.2) is 38.5 Å². The molecule has 0 bridgehead atoms. The van der Waals surface area contributed by atoms with E-state index in [1.54, 1.807) is 0 Å². The Bertz CT molecular complexity index is 251. The normalized spacial score (nSPS) is 14.3. The van der Waals surface area contributed by atoms with Gasteiger partial charge >= 0.3 is 0 Å². The van der Waals surface area contributed by atoms with Crippen LogP contribution in [0, 0.1) is 17.2 Å². The van der Waals surface area contributed by atoms with Crippen LogP contribution in [0.2, 0.25) is 0 Å². The van der Waals surface area contributed by atoms with E-state index in [0.29, 0.717) is 25.7 Å². The van der Waals surface area contributed by atoms with Crippen LogP contribution in [0.25, 0.3) is 0 Å². The van der Waals surface area contributed by atoms with E-state index >= 15 is 0 Å². The first-order chi connectivity index (χ1) is 9.10. The summed E-state index contributed by atoms with van der Waals surface area (Å²) in [6, 6.07) is 2.40. The summed E-state index contributed by atoms with van der Waals surface area (Å²) in [7, 11) is 0. The minimum Gasteiger partial charge on any atom is -0.379 e. The average Bonchev–Trinajstić information content (AvgIpc) is 2.40. The SMILES string of the molecule is CCNC(C#N)(CC)CCCOCCOCC(C)C. The lowest BCUT2D eigenvalue weighted by Crippen LogP contribution is -2.43. The molecule has 1 atom stereocenters. The Balaban J connectivity index is 3.59. The maximum Gasteiger partial charge on any atom is 0.106 e. The van der Waals surface area contributed by atoms with E-state index in [-0.39, 0.29) is 5.54 Å². The van der Waals surface area contributed by atoms with Gasteiger partial charge in [-0.2, -0.15) is 5.26 Å². The molecule has 0 rings (SSSR count). The van der Waals surface area contributed by atoms with Crippen LogP contribution >= 0.6 is 0 Å². The van der Waals surface area contributed by atoms with Gasteiger partial charge in [0.25, 0.3) is 0 Å². The van der Waals surface area contributed by atoms with Gasteiger partial charge in [-0.05, 0) is 31.7 Å². The predicted molar refractivity (Wildman–Crippen MR) is 78.0 cm³/mol. The molecule has 1 unspecified atom stereocenters. The number of rotatable bonds is 12. The smallest absolute Gasteiger partial charge is 0.106 e. The lowest BCUT2D eigenvalue weighted by atomic mass is 9.92. The second-order valence-corrected chi connectivity index (χ2v) is 5.26. The highest BCUT2D eigenvalue weighted by atomic mass is 16.5. The Morgan fingerprint density at radius 1 is 1.16 bits per heavy atom. The van der Waals surface area contributed by atoms with Crippen molar-refractivity contribution in [1.29, 1.82) is 5.26 Å². The van der Waals surface area contributed by atoms with Gasteiger partial charge in [0.05, 0.1) is 19.3 Å². The molecule has 0 heterocycles.